The lowest BCUT2D eigenvalue weighted by atomic mass is 9.89. The van der Waals surface area contributed by atoms with Gasteiger partial charge in [0.1, 0.15) is 11.2 Å². The molecule has 12 rings (SSSR count). The summed E-state index contributed by atoms with van der Waals surface area (Å²) in [4.78, 5) is 2.53. The van der Waals surface area contributed by atoms with Gasteiger partial charge in [-0.2, -0.15) is 0 Å². The van der Waals surface area contributed by atoms with E-state index in [-0.39, 0.29) is 0 Å². The highest BCUT2D eigenvalue weighted by molar-refractivity contribution is 7.25. The van der Waals surface area contributed by atoms with Crippen molar-refractivity contribution in [3.8, 4) is 0 Å². The van der Waals surface area contributed by atoms with E-state index < -0.39 is 0 Å². The van der Waals surface area contributed by atoms with Crippen molar-refractivity contribution in [2.75, 3.05) is 4.90 Å². The molecule has 256 valence electrons. The van der Waals surface area contributed by atoms with Crippen LogP contribution in [0.3, 0.4) is 0 Å². The summed E-state index contributed by atoms with van der Waals surface area (Å²) in [5, 5.41) is 14.9. The lowest BCUT2D eigenvalue weighted by molar-refractivity contribution is 0.671. The van der Waals surface area contributed by atoms with Crippen LogP contribution in [0.1, 0.15) is 37.2 Å². The molecule has 2 aromatic heterocycles. The number of furan rings is 1. The van der Waals surface area contributed by atoms with Crippen LogP contribution in [-0.2, 0) is 0 Å². The third-order valence-electron chi connectivity index (χ3n) is 12.1. The second-order valence-corrected chi connectivity index (χ2v) is 16.1. The molecule has 11 aromatic rings. The molecule has 3 heteroatoms. The van der Waals surface area contributed by atoms with Crippen LogP contribution in [0.2, 0.25) is 0 Å². The van der Waals surface area contributed by atoms with E-state index in [1.165, 1.54) is 105 Å². The summed E-state index contributed by atoms with van der Waals surface area (Å²) in [5.41, 5.74) is 6.83. The predicted molar refractivity (Wildman–Crippen MR) is 233 cm³/mol. The summed E-state index contributed by atoms with van der Waals surface area (Å²) >= 11 is 1.87. The van der Waals surface area contributed by atoms with Crippen LogP contribution in [0.15, 0.2) is 162 Å². The maximum atomic E-state index is 7.11. The van der Waals surface area contributed by atoms with E-state index in [0.717, 1.165) is 28.2 Å². The average Bonchev–Trinajstić information content (AvgIpc) is 3.99. The number of hydrogen-bond acceptors (Lipinski definition) is 3. The van der Waals surface area contributed by atoms with Crippen LogP contribution in [0, 0.1) is 0 Å². The van der Waals surface area contributed by atoms with Crippen molar-refractivity contribution in [3.63, 3.8) is 0 Å². The first-order valence-electron chi connectivity index (χ1n) is 19.2. The number of hydrogen-bond donors (Lipinski definition) is 0. The number of rotatable bonds is 4. The molecule has 0 radical (unpaired) electrons. The molecule has 1 aliphatic rings. The fraction of sp³-hybridized carbons (Fsp3) is 0.0980. The molecule has 2 nitrogen and oxygen atoms in total. The normalized spacial score (nSPS) is 13.9. The summed E-state index contributed by atoms with van der Waals surface area (Å²) in [6.45, 7) is 0. The minimum absolute atomic E-state index is 0.549. The van der Waals surface area contributed by atoms with Crippen LogP contribution < -0.4 is 4.90 Å². The molecule has 1 aliphatic carbocycles. The van der Waals surface area contributed by atoms with Crippen molar-refractivity contribution in [2.24, 2.45) is 0 Å². The first kappa shape index (κ1) is 30.3. The van der Waals surface area contributed by atoms with Gasteiger partial charge in [0.15, 0.2) is 0 Å². The highest BCUT2D eigenvalue weighted by Gasteiger charge is 2.27. The first-order chi connectivity index (χ1) is 26.8. The van der Waals surface area contributed by atoms with Gasteiger partial charge >= 0.3 is 0 Å². The number of anilines is 3. The van der Waals surface area contributed by atoms with Crippen LogP contribution in [0.4, 0.5) is 17.1 Å². The topological polar surface area (TPSA) is 16.4 Å². The number of fused-ring (bicyclic) bond motifs is 14. The number of thiophene rings is 1. The van der Waals surface area contributed by atoms with Gasteiger partial charge < -0.3 is 9.32 Å². The summed E-state index contributed by atoms with van der Waals surface area (Å²) in [6, 6.07) is 58.6. The van der Waals surface area contributed by atoms with Gasteiger partial charge in [-0.05, 0) is 105 Å². The van der Waals surface area contributed by atoms with Crippen molar-refractivity contribution < 1.29 is 4.42 Å². The van der Waals surface area contributed by atoms with E-state index in [2.05, 4.69) is 163 Å². The molecular formula is C51H35NOS. The lowest BCUT2D eigenvalue weighted by Crippen LogP contribution is -2.11. The van der Waals surface area contributed by atoms with Gasteiger partial charge in [-0.1, -0.05) is 122 Å². The Morgan fingerprint density at radius 2 is 1.11 bits per heavy atom. The molecule has 0 bridgehead atoms. The smallest absolute Gasteiger partial charge is 0.144 e. The Morgan fingerprint density at radius 1 is 0.463 bits per heavy atom. The third-order valence-corrected chi connectivity index (χ3v) is 13.3. The maximum absolute atomic E-state index is 7.11. The van der Waals surface area contributed by atoms with Gasteiger partial charge in [0.2, 0.25) is 0 Å². The van der Waals surface area contributed by atoms with Gasteiger partial charge in [-0.25, -0.2) is 0 Å². The zero-order valence-electron chi connectivity index (χ0n) is 29.7. The fourth-order valence-electron chi connectivity index (χ4n) is 9.72. The van der Waals surface area contributed by atoms with E-state index in [4.69, 9.17) is 4.42 Å². The molecule has 0 N–H and O–H groups in total. The summed E-state index contributed by atoms with van der Waals surface area (Å²) < 4.78 is 9.72. The molecule has 0 unspecified atom stereocenters. The highest BCUT2D eigenvalue weighted by Crippen LogP contribution is 2.52. The van der Waals surface area contributed by atoms with Gasteiger partial charge in [0.25, 0.3) is 0 Å². The summed E-state index contributed by atoms with van der Waals surface area (Å²) in [7, 11) is 0. The molecule has 1 saturated carbocycles. The number of benzene rings is 9. The van der Waals surface area contributed by atoms with E-state index in [0.29, 0.717) is 5.92 Å². The Bertz CT molecular complexity index is 3310. The minimum atomic E-state index is 0.549. The van der Waals surface area contributed by atoms with Crippen molar-refractivity contribution in [1.82, 2.24) is 0 Å². The fourth-order valence-corrected chi connectivity index (χ4v) is 10.8. The second-order valence-electron chi connectivity index (χ2n) is 15.1. The molecule has 1 fully saturated rings. The van der Waals surface area contributed by atoms with E-state index >= 15 is 0 Å². The maximum Gasteiger partial charge on any atom is 0.144 e. The SMILES string of the molecule is c1ccc2cc(N(c3ccc4sc5ccccc5c4c3)c3cc4c(oc5cccc(C6CCCC6)c54)c4c5ccccc5c5ccccc5c34)ccc2c1. The monoisotopic (exact) mass is 709 g/mol. The first-order valence-corrected chi connectivity index (χ1v) is 20.0. The van der Waals surface area contributed by atoms with Gasteiger partial charge in [-0.15, -0.1) is 11.3 Å². The van der Waals surface area contributed by atoms with E-state index in [9.17, 15) is 0 Å². The lowest BCUT2D eigenvalue weighted by Gasteiger charge is -2.28. The second kappa shape index (κ2) is 11.7. The Labute approximate surface area is 316 Å². The van der Waals surface area contributed by atoms with E-state index in [1.807, 2.05) is 11.3 Å². The highest BCUT2D eigenvalue weighted by atomic mass is 32.1. The molecule has 0 atom stereocenters. The predicted octanol–water partition coefficient (Wildman–Crippen LogP) is 15.7. The molecular weight excluding hydrogens is 675 g/mol. The van der Waals surface area contributed by atoms with Crippen LogP contribution in [0.5, 0.6) is 0 Å². The van der Waals surface area contributed by atoms with Crippen LogP contribution in [0.25, 0.3) is 85.2 Å². The summed E-state index contributed by atoms with van der Waals surface area (Å²) in [6.07, 6.45) is 5.05. The number of nitrogens with zero attached hydrogens (tertiary/aromatic N) is 1. The van der Waals surface area contributed by atoms with Crippen molar-refractivity contribution >= 4 is 114 Å². The zero-order valence-corrected chi connectivity index (χ0v) is 30.5. The molecule has 54 heavy (non-hydrogen) atoms. The largest absolute Gasteiger partial charge is 0.455 e. The quantitative estimate of drug-likeness (QED) is 0.169. The Hall–Kier alpha value is -6.16. The van der Waals surface area contributed by atoms with Crippen molar-refractivity contribution in [1.29, 1.82) is 0 Å². The molecule has 2 heterocycles. The minimum Gasteiger partial charge on any atom is -0.455 e. The van der Waals surface area contributed by atoms with E-state index in [1.54, 1.807) is 0 Å². The molecule has 9 aromatic carbocycles. The zero-order chi connectivity index (χ0) is 35.3. The summed E-state index contributed by atoms with van der Waals surface area (Å²) in [5.74, 6) is 0.549. The Balaban J connectivity index is 1.29. The third kappa shape index (κ3) is 4.39. The van der Waals surface area contributed by atoms with Crippen molar-refractivity contribution in [3.05, 3.63) is 163 Å². The van der Waals surface area contributed by atoms with Gasteiger partial charge in [-0.3, -0.25) is 0 Å². The Morgan fingerprint density at radius 3 is 1.93 bits per heavy atom. The molecule has 0 aliphatic heterocycles. The molecule has 0 saturated heterocycles. The Kier molecular flexibility index (Phi) is 6.55. The molecule has 0 amide bonds. The van der Waals surface area contributed by atoms with Crippen molar-refractivity contribution in [2.45, 2.75) is 31.6 Å². The standard InChI is InChI=1S/C51H35NOS/c1-4-15-33-28-34(25-24-31(33)12-1)52(35-26-27-47-42(29-35)39-18-9-10-23-46(39)54-47)44-30-43-48-36(32-13-2-3-14-32)21-11-22-45(48)53-51(43)50-41-20-8-6-17-38(41)37-16-5-7-19-40(37)49(44)50/h1,4-12,15-30,32H,2-3,13-14H2. The van der Waals surface area contributed by atoms with Crippen LogP contribution in [-0.4, -0.2) is 0 Å². The molecule has 0 spiro atoms. The van der Waals surface area contributed by atoms with Gasteiger partial charge in [0, 0.05) is 53.1 Å². The van der Waals surface area contributed by atoms with Crippen LogP contribution >= 0.6 is 11.3 Å². The average molecular weight is 710 g/mol. The van der Waals surface area contributed by atoms with Gasteiger partial charge in [0.05, 0.1) is 5.69 Å².